The number of hydrogen-bond acceptors (Lipinski definition) is 3. The lowest BCUT2D eigenvalue weighted by molar-refractivity contribution is 0.322. The third-order valence-electron chi connectivity index (χ3n) is 1.51. The molecule has 5 N–H and O–H groups in total. The lowest BCUT2D eigenvalue weighted by atomic mass is 10.2. The van der Waals surface area contributed by atoms with Gasteiger partial charge in [-0.1, -0.05) is 23.4 Å². The van der Waals surface area contributed by atoms with E-state index in [0.29, 0.717) is 10.9 Å². The molecule has 1 rings (SSSR count). The van der Waals surface area contributed by atoms with E-state index < -0.39 is 7.44 Å². The molecule has 0 heterocycles. The van der Waals surface area contributed by atoms with Gasteiger partial charge in [0.25, 0.3) is 0 Å². The highest BCUT2D eigenvalue weighted by molar-refractivity contribution is 7.67. The SMILES string of the molecule is NP(N)(=O)c1ccccc1C=NO. The Morgan fingerprint density at radius 1 is 1.38 bits per heavy atom. The minimum Gasteiger partial charge on any atom is -0.411 e. The standard InChI is InChI=1S/C7H10N3O2P/c8-13(9,12)7-4-2-1-3-6(7)5-10-11/h1-5,11H,(H4,8,9,12). The van der Waals surface area contributed by atoms with E-state index in [0.717, 1.165) is 6.21 Å². The molecule has 0 amide bonds. The fourth-order valence-electron chi connectivity index (χ4n) is 0.977. The van der Waals surface area contributed by atoms with E-state index in [4.69, 9.17) is 16.2 Å². The largest absolute Gasteiger partial charge is 0.411 e. The van der Waals surface area contributed by atoms with E-state index >= 15 is 0 Å². The van der Waals surface area contributed by atoms with Crippen LogP contribution in [0.3, 0.4) is 0 Å². The quantitative estimate of drug-likeness (QED) is 0.274. The summed E-state index contributed by atoms with van der Waals surface area (Å²) >= 11 is 0. The fraction of sp³-hybridized carbons (Fsp3) is 0. The average molecular weight is 199 g/mol. The number of hydrogen-bond donors (Lipinski definition) is 3. The highest BCUT2D eigenvalue weighted by Gasteiger charge is 2.15. The van der Waals surface area contributed by atoms with Crippen molar-refractivity contribution >= 4 is 19.0 Å². The predicted molar refractivity (Wildman–Crippen MR) is 51.4 cm³/mol. The Morgan fingerprint density at radius 3 is 2.54 bits per heavy atom. The molecule has 0 fully saturated rings. The summed E-state index contributed by atoms with van der Waals surface area (Å²) < 4.78 is 11.3. The molecule has 0 atom stereocenters. The molecule has 0 aliphatic heterocycles. The second kappa shape index (κ2) is 3.70. The van der Waals surface area contributed by atoms with Crippen molar-refractivity contribution in [1.29, 1.82) is 0 Å². The molecule has 5 nitrogen and oxygen atoms in total. The topological polar surface area (TPSA) is 102 Å². The highest BCUT2D eigenvalue weighted by Crippen LogP contribution is 2.24. The number of nitrogens with zero attached hydrogens (tertiary/aromatic N) is 1. The van der Waals surface area contributed by atoms with Crippen LogP contribution < -0.4 is 16.3 Å². The van der Waals surface area contributed by atoms with Gasteiger partial charge in [0.1, 0.15) is 0 Å². The molecule has 0 aliphatic rings. The maximum absolute atomic E-state index is 11.3. The van der Waals surface area contributed by atoms with Gasteiger partial charge in [-0.15, -0.1) is 0 Å². The summed E-state index contributed by atoms with van der Waals surface area (Å²) in [5.41, 5.74) is 11.0. The molecule has 0 aliphatic carbocycles. The van der Waals surface area contributed by atoms with E-state index in [-0.39, 0.29) is 0 Å². The molecule has 6 heteroatoms. The average Bonchev–Trinajstić information content (AvgIpc) is 2.04. The fourth-order valence-corrected chi connectivity index (χ4v) is 1.83. The summed E-state index contributed by atoms with van der Waals surface area (Å²) in [6.45, 7) is 0. The van der Waals surface area contributed by atoms with E-state index in [1.165, 1.54) is 6.07 Å². The molecule has 0 spiro atoms. The Labute approximate surface area is 75.5 Å². The first-order valence-electron chi connectivity index (χ1n) is 3.50. The third-order valence-corrected chi connectivity index (χ3v) is 2.67. The van der Waals surface area contributed by atoms with Crippen molar-refractivity contribution in [1.82, 2.24) is 0 Å². The zero-order chi connectivity index (χ0) is 9.90. The third kappa shape index (κ3) is 2.39. The van der Waals surface area contributed by atoms with Gasteiger partial charge in [-0.3, -0.25) is 15.6 Å². The molecular formula is C7H10N3O2P. The van der Waals surface area contributed by atoms with Crippen molar-refractivity contribution < 1.29 is 9.77 Å². The van der Waals surface area contributed by atoms with Crippen molar-refractivity contribution in [3.05, 3.63) is 29.8 Å². The number of nitrogens with two attached hydrogens (primary N) is 2. The maximum atomic E-state index is 11.3. The van der Waals surface area contributed by atoms with Gasteiger partial charge in [-0.25, -0.2) is 0 Å². The summed E-state index contributed by atoms with van der Waals surface area (Å²) in [6.07, 6.45) is 1.14. The summed E-state index contributed by atoms with van der Waals surface area (Å²) in [4.78, 5) is 0. The second-order valence-corrected chi connectivity index (χ2v) is 4.41. The second-order valence-electron chi connectivity index (χ2n) is 2.51. The van der Waals surface area contributed by atoms with Gasteiger partial charge in [0, 0.05) is 10.9 Å². The Hall–Kier alpha value is -1.16. The van der Waals surface area contributed by atoms with E-state index in [1.54, 1.807) is 18.2 Å². The number of rotatable bonds is 2. The molecule has 70 valence electrons. The van der Waals surface area contributed by atoms with Crippen LogP contribution in [0.2, 0.25) is 0 Å². The molecule has 0 bridgehead atoms. The lowest BCUT2D eigenvalue weighted by Gasteiger charge is -2.08. The Kier molecular flexibility index (Phi) is 2.83. The zero-order valence-electron chi connectivity index (χ0n) is 6.79. The van der Waals surface area contributed by atoms with E-state index in [1.807, 2.05) is 0 Å². The van der Waals surface area contributed by atoms with Crippen molar-refractivity contribution in [3.8, 4) is 0 Å². The Morgan fingerprint density at radius 2 is 2.00 bits per heavy atom. The first-order valence-corrected chi connectivity index (χ1v) is 5.34. The minimum atomic E-state index is -3.29. The normalized spacial score (nSPS) is 12.2. The first kappa shape index (κ1) is 9.92. The van der Waals surface area contributed by atoms with Crippen LogP contribution >= 0.6 is 7.44 Å². The monoisotopic (exact) mass is 199 g/mol. The number of benzene rings is 1. The van der Waals surface area contributed by atoms with Crippen LogP contribution in [0.5, 0.6) is 0 Å². The van der Waals surface area contributed by atoms with Crippen molar-refractivity contribution in [3.63, 3.8) is 0 Å². The van der Waals surface area contributed by atoms with Gasteiger partial charge in [-0.05, 0) is 6.07 Å². The summed E-state index contributed by atoms with van der Waals surface area (Å²) in [6, 6.07) is 6.52. The molecule has 0 radical (unpaired) electrons. The van der Waals surface area contributed by atoms with Crippen LogP contribution in [0.25, 0.3) is 0 Å². The van der Waals surface area contributed by atoms with Crippen LogP contribution in [0.15, 0.2) is 29.4 Å². The van der Waals surface area contributed by atoms with Gasteiger partial charge in [0.15, 0.2) is 0 Å². The smallest absolute Gasteiger partial charge is 0.236 e. The van der Waals surface area contributed by atoms with Crippen molar-refractivity contribution in [2.24, 2.45) is 16.2 Å². The van der Waals surface area contributed by atoms with Crippen molar-refractivity contribution in [2.45, 2.75) is 0 Å². The van der Waals surface area contributed by atoms with Crippen LogP contribution in [-0.4, -0.2) is 11.4 Å². The lowest BCUT2D eigenvalue weighted by Crippen LogP contribution is -2.21. The van der Waals surface area contributed by atoms with Gasteiger partial charge in [-0.2, -0.15) is 0 Å². The highest BCUT2D eigenvalue weighted by atomic mass is 31.2. The van der Waals surface area contributed by atoms with Gasteiger partial charge in [0.05, 0.1) is 6.21 Å². The molecular weight excluding hydrogens is 189 g/mol. The van der Waals surface area contributed by atoms with Gasteiger partial charge < -0.3 is 5.21 Å². The minimum absolute atomic E-state index is 0.299. The van der Waals surface area contributed by atoms with Crippen molar-refractivity contribution in [2.75, 3.05) is 0 Å². The van der Waals surface area contributed by atoms with Gasteiger partial charge >= 0.3 is 0 Å². The molecule has 0 unspecified atom stereocenters. The van der Waals surface area contributed by atoms with Crippen LogP contribution in [0.4, 0.5) is 0 Å². The molecule has 0 saturated carbocycles. The summed E-state index contributed by atoms with van der Waals surface area (Å²) in [5.74, 6) is 0. The molecule has 1 aromatic carbocycles. The van der Waals surface area contributed by atoms with Crippen LogP contribution in [0.1, 0.15) is 5.56 Å². The van der Waals surface area contributed by atoms with Crippen LogP contribution in [0, 0.1) is 0 Å². The Balaban J connectivity index is 3.28. The zero-order valence-corrected chi connectivity index (χ0v) is 7.69. The Bertz CT molecular complexity index is 372. The summed E-state index contributed by atoms with van der Waals surface area (Å²) in [5, 5.41) is 11.4. The molecule has 0 saturated heterocycles. The molecule has 0 aromatic heterocycles. The van der Waals surface area contributed by atoms with E-state index in [2.05, 4.69) is 5.16 Å². The molecule has 13 heavy (non-hydrogen) atoms. The van der Waals surface area contributed by atoms with Crippen LogP contribution in [-0.2, 0) is 4.57 Å². The molecule has 1 aromatic rings. The number of oxime groups is 1. The summed E-state index contributed by atoms with van der Waals surface area (Å²) in [7, 11) is -3.29. The van der Waals surface area contributed by atoms with Gasteiger partial charge in [0.2, 0.25) is 7.44 Å². The predicted octanol–water partition coefficient (Wildman–Crippen LogP) is 0.230. The van der Waals surface area contributed by atoms with E-state index in [9.17, 15) is 4.57 Å². The maximum Gasteiger partial charge on any atom is 0.236 e. The first-order chi connectivity index (χ1) is 6.05.